The van der Waals surface area contributed by atoms with Gasteiger partial charge in [-0.05, 0) is 54.5 Å². The van der Waals surface area contributed by atoms with E-state index in [2.05, 4.69) is 0 Å². The van der Waals surface area contributed by atoms with Gasteiger partial charge in [-0.15, -0.1) is 5.39 Å². The molecule has 0 fully saturated rings. The molecule has 0 amide bonds. The minimum atomic E-state index is -0.458. The van der Waals surface area contributed by atoms with E-state index in [9.17, 15) is 10.3 Å². The van der Waals surface area contributed by atoms with Crippen LogP contribution in [0.5, 0.6) is 0 Å². The van der Waals surface area contributed by atoms with E-state index in [0.717, 1.165) is 34.2 Å². The molecule has 1 aliphatic carbocycles. The van der Waals surface area contributed by atoms with E-state index in [-0.39, 0.29) is 12.0 Å². The Morgan fingerprint density at radius 1 is 1.45 bits per heavy atom. The second kappa shape index (κ2) is 5.42. The van der Waals surface area contributed by atoms with E-state index in [1.807, 2.05) is 33.8 Å². The van der Waals surface area contributed by atoms with E-state index < -0.39 is 11.5 Å². The van der Waals surface area contributed by atoms with E-state index in [4.69, 9.17) is 10.0 Å². The van der Waals surface area contributed by atoms with Crippen LogP contribution in [0.3, 0.4) is 0 Å². The summed E-state index contributed by atoms with van der Waals surface area (Å²) in [7, 11) is 0. The van der Waals surface area contributed by atoms with Crippen LogP contribution in [0.25, 0.3) is 0 Å². The Hall–Kier alpha value is -0.980. The molecule has 1 unspecified atom stereocenters. The van der Waals surface area contributed by atoms with Crippen molar-refractivity contribution in [3.8, 4) is 0 Å². The minimum Gasteiger partial charge on any atom is -0.738 e. The molecule has 5 nitrogen and oxygen atoms in total. The fourth-order valence-electron chi connectivity index (χ4n) is 3.33. The fourth-order valence-corrected chi connectivity index (χ4v) is 3.33. The fraction of sp³-hybridized carbons (Fsp3) is 0.600. The Balaban J connectivity index is 2.51. The Bertz CT molecular complexity index is 511. The number of aliphatic hydroxyl groups excluding tert-OH is 1. The van der Waals surface area contributed by atoms with Gasteiger partial charge in [-0.2, -0.15) is 0 Å². The molecule has 5 heteroatoms. The molecule has 0 heterocycles. The highest BCUT2D eigenvalue weighted by Crippen LogP contribution is 2.49. The average molecular weight is 280 g/mol. The van der Waals surface area contributed by atoms with Gasteiger partial charge in [0.25, 0.3) is 0 Å². The molecule has 0 aromatic heterocycles. The Morgan fingerprint density at radius 3 is 2.65 bits per heavy atom. The van der Waals surface area contributed by atoms with Crippen molar-refractivity contribution in [2.24, 2.45) is 5.41 Å². The van der Waals surface area contributed by atoms with E-state index >= 15 is 0 Å². The lowest BCUT2D eigenvalue weighted by molar-refractivity contribution is -0.343. The molecule has 2 N–H and O–H groups in total. The van der Waals surface area contributed by atoms with Gasteiger partial charge in [-0.3, -0.25) is 4.84 Å². The van der Waals surface area contributed by atoms with Crippen LogP contribution in [-0.4, -0.2) is 22.3 Å². The van der Waals surface area contributed by atoms with Crippen molar-refractivity contribution in [3.63, 3.8) is 0 Å². The maximum absolute atomic E-state index is 10.9. The minimum absolute atomic E-state index is 0.120. The lowest BCUT2D eigenvalue weighted by Crippen LogP contribution is -2.25. The maximum Gasteiger partial charge on any atom is 0.111 e. The topological polar surface area (TPSA) is 76.0 Å². The number of hydrogen-bond donors (Lipinski definition) is 2. The molecule has 0 saturated carbocycles. The lowest BCUT2D eigenvalue weighted by atomic mass is 9.87. The number of rotatable bonds is 4. The predicted molar refractivity (Wildman–Crippen MR) is 75.0 cm³/mol. The van der Waals surface area contributed by atoms with Gasteiger partial charge in [-0.1, -0.05) is 19.9 Å². The maximum atomic E-state index is 10.9. The van der Waals surface area contributed by atoms with Crippen molar-refractivity contribution in [1.82, 2.24) is 5.39 Å². The molecule has 1 aromatic carbocycles. The summed E-state index contributed by atoms with van der Waals surface area (Å²) in [6.45, 7) is 8.19. The molecule has 1 atom stereocenters. The predicted octanol–water partition coefficient (Wildman–Crippen LogP) is 2.58. The zero-order valence-electron chi connectivity index (χ0n) is 12.4. The number of nitrogens with zero attached hydrogens (tertiary/aromatic N) is 1. The molecule has 0 radical (unpaired) electrons. The summed E-state index contributed by atoms with van der Waals surface area (Å²) in [6, 6.07) is 2.01. The monoisotopic (exact) mass is 280 g/mol. The lowest BCUT2D eigenvalue weighted by Gasteiger charge is -2.32. The van der Waals surface area contributed by atoms with Crippen LogP contribution in [0.4, 0.5) is 0 Å². The van der Waals surface area contributed by atoms with Crippen molar-refractivity contribution in [2.75, 3.05) is 6.61 Å². The molecule has 0 aliphatic heterocycles. The second-order valence-electron chi connectivity index (χ2n) is 6.23. The number of aliphatic hydroxyl groups is 1. The Labute approximate surface area is 119 Å². The first-order chi connectivity index (χ1) is 9.27. The van der Waals surface area contributed by atoms with Crippen LogP contribution in [0.15, 0.2) is 6.07 Å². The highest BCUT2D eigenvalue weighted by molar-refractivity contribution is 5.49. The van der Waals surface area contributed by atoms with Crippen molar-refractivity contribution >= 4 is 0 Å². The normalized spacial score (nSPS) is 20.5. The average Bonchev–Trinajstić information content (AvgIpc) is 2.57. The first-order valence-electron chi connectivity index (χ1n) is 6.83. The highest BCUT2D eigenvalue weighted by atomic mass is 17.1. The van der Waals surface area contributed by atoms with Crippen molar-refractivity contribution in [2.45, 2.75) is 46.6 Å². The molecular weight excluding hydrogens is 258 g/mol. The third-order valence-electron chi connectivity index (χ3n) is 4.28. The van der Waals surface area contributed by atoms with E-state index in [0.29, 0.717) is 6.42 Å². The van der Waals surface area contributed by atoms with Crippen molar-refractivity contribution in [3.05, 3.63) is 39.1 Å². The molecule has 20 heavy (non-hydrogen) atoms. The zero-order valence-corrected chi connectivity index (χ0v) is 12.4. The van der Waals surface area contributed by atoms with Crippen LogP contribution < -0.4 is 0 Å². The molecule has 112 valence electrons. The van der Waals surface area contributed by atoms with Gasteiger partial charge in [-0.25, -0.2) is 0 Å². The molecule has 0 saturated heterocycles. The van der Waals surface area contributed by atoms with Gasteiger partial charge in [0.05, 0.1) is 0 Å². The summed E-state index contributed by atoms with van der Waals surface area (Å²) in [5.74, 6) is 0. The number of fused-ring (bicyclic) bond motifs is 1. The Morgan fingerprint density at radius 2 is 2.10 bits per heavy atom. The SMILES string of the molecule is Cc1cc2c(c(C)c1CCO)CC(C)(C)C2ON([O-])O. The van der Waals surface area contributed by atoms with Crippen LogP contribution in [0.1, 0.15) is 47.8 Å². The third-order valence-corrected chi connectivity index (χ3v) is 4.28. The van der Waals surface area contributed by atoms with Crippen LogP contribution in [-0.2, 0) is 17.7 Å². The van der Waals surface area contributed by atoms with Gasteiger partial charge < -0.3 is 15.5 Å². The molecular formula is C15H22NO4-. The van der Waals surface area contributed by atoms with E-state index in [1.165, 1.54) is 0 Å². The van der Waals surface area contributed by atoms with E-state index in [1.54, 1.807) is 0 Å². The number of aryl methyl sites for hydroxylation is 1. The quantitative estimate of drug-likeness (QED) is 0.829. The first-order valence-corrected chi connectivity index (χ1v) is 6.83. The zero-order chi connectivity index (χ0) is 15.1. The standard InChI is InChI=1S/C15H22NO4/c1-9-7-12-13(10(2)11(9)5-6-17)8-15(3,4)14(12)20-16(18)19/h7,14,17-18H,5-6,8H2,1-4H3/q-1. The first kappa shape index (κ1) is 15.4. The number of hydrogen-bond acceptors (Lipinski definition) is 5. The van der Waals surface area contributed by atoms with Gasteiger partial charge in [0, 0.05) is 12.0 Å². The molecule has 1 aromatic rings. The van der Waals surface area contributed by atoms with Crippen molar-refractivity contribution < 1.29 is 15.2 Å². The summed E-state index contributed by atoms with van der Waals surface area (Å²) in [5.41, 5.74) is 5.26. The summed E-state index contributed by atoms with van der Waals surface area (Å²) in [5, 5.41) is 28.5. The second-order valence-corrected chi connectivity index (χ2v) is 6.23. The summed E-state index contributed by atoms with van der Waals surface area (Å²) >= 11 is 0. The highest BCUT2D eigenvalue weighted by Gasteiger charge is 2.42. The smallest absolute Gasteiger partial charge is 0.111 e. The third kappa shape index (κ3) is 2.60. The molecule has 2 rings (SSSR count). The summed E-state index contributed by atoms with van der Waals surface area (Å²) in [6.07, 6.45) is 0.955. The summed E-state index contributed by atoms with van der Waals surface area (Å²) < 4.78 is 0. The largest absolute Gasteiger partial charge is 0.738 e. The molecule has 0 bridgehead atoms. The van der Waals surface area contributed by atoms with Crippen LogP contribution in [0, 0.1) is 24.5 Å². The molecule has 1 aliphatic rings. The van der Waals surface area contributed by atoms with Crippen molar-refractivity contribution in [1.29, 1.82) is 0 Å². The van der Waals surface area contributed by atoms with Gasteiger partial charge >= 0.3 is 0 Å². The molecule has 0 spiro atoms. The number of benzene rings is 1. The van der Waals surface area contributed by atoms with Crippen LogP contribution >= 0.6 is 0 Å². The van der Waals surface area contributed by atoms with Gasteiger partial charge in [0.15, 0.2) is 0 Å². The van der Waals surface area contributed by atoms with Gasteiger partial charge in [0.1, 0.15) is 6.10 Å². The van der Waals surface area contributed by atoms with Crippen LogP contribution in [0.2, 0.25) is 0 Å². The van der Waals surface area contributed by atoms with Gasteiger partial charge in [0.2, 0.25) is 0 Å². The Kier molecular flexibility index (Phi) is 4.18. The summed E-state index contributed by atoms with van der Waals surface area (Å²) in [4.78, 5) is 5.05.